The molecule has 0 aliphatic rings. The largest absolute Gasteiger partial charge is 0.394 e. The second kappa shape index (κ2) is 6.27. The predicted octanol–water partition coefficient (Wildman–Crippen LogP) is -0.157. The van der Waals surface area contributed by atoms with E-state index in [4.69, 9.17) is 10.2 Å². The van der Waals surface area contributed by atoms with E-state index in [1.165, 1.54) is 13.0 Å². The van der Waals surface area contributed by atoms with Gasteiger partial charge in [-0.25, -0.2) is 13.1 Å². The van der Waals surface area contributed by atoms with Gasteiger partial charge in [0, 0.05) is 18.2 Å². The van der Waals surface area contributed by atoms with Crippen molar-refractivity contribution in [3.05, 3.63) is 33.4 Å². The minimum absolute atomic E-state index is 0.252. The zero-order valence-corrected chi connectivity index (χ0v) is 11.8. The highest BCUT2D eigenvalue weighted by molar-refractivity contribution is 7.89. The van der Waals surface area contributed by atoms with Gasteiger partial charge >= 0.3 is 0 Å². The first-order valence-electron chi connectivity index (χ1n) is 5.73. The van der Waals surface area contributed by atoms with Gasteiger partial charge in [-0.15, -0.1) is 0 Å². The number of hydrogen-bond acceptors (Lipinski definition) is 6. The van der Waals surface area contributed by atoms with Crippen molar-refractivity contribution < 1.29 is 23.6 Å². The Morgan fingerprint density at radius 1 is 1.40 bits per heavy atom. The maximum atomic E-state index is 12.0. The number of sulfonamides is 1. The molecule has 112 valence electrons. The molecule has 0 saturated carbocycles. The average molecular weight is 304 g/mol. The average Bonchev–Trinajstić information content (AvgIpc) is 2.38. The van der Waals surface area contributed by atoms with E-state index in [2.05, 4.69) is 4.72 Å². The van der Waals surface area contributed by atoms with E-state index < -0.39 is 27.7 Å². The lowest BCUT2D eigenvalue weighted by molar-refractivity contribution is -0.385. The topological polar surface area (TPSA) is 130 Å². The molecule has 0 fully saturated rings. The van der Waals surface area contributed by atoms with Crippen LogP contribution in [-0.2, 0) is 10.0 Å². The summed E-state index contributed by atoms with van der Waals surface area (Å²) in [5.41, 5.74) is 0.583. The van der Waals surface area contributed by atoms with Crippen LogP contribution >= 0.6 is 0 Å². The summed E-state index contributed by atoms with van der Waals surface area (Å²) in [6.45, 7) is 2.14. The zero-order chi connectivity index (χ0) is 15.5. The van der Waals surface area contributed by atoms with Gasteiger partial charge in [0.2, 0.25) is 10.0 Å². The molecule has 9 heteroatoms. The van der Waals surface area contributed by atoms with Crippen molar-refractivity contribution in [1.82, 2.24) is 4.72 Å². The molecular formula is C11H16N2O6S. The Morgan fingerprint density at radius 3 is 2.50 bits per heavy atom. The van der Waals surface area contributed by atoms with Gasteiger partial charge in [-0.3, -0.25) is 10.1 Å². The molecule has 3 N–H and O–H groups in total. The third kappa shape index (κ3) is 3.73. The molecular weight excluding hydrogens is 288 g/mol. The lowest BCUT2D eigenvalue weighted by atomic mass is 10.1. The van der Waals surface area contributed by atoms with Crippen LogP contribution < -0.4 is 4.72 Å². The first-order valence-corrected chi connectivity index (χ1v) is 7.21. The highest BCUT2D eigenvalue weighted by Crippen LogP contribution is 2.25. The monoisotopic (exact) mass is 304 g/mol. The Kier molecular flexibility index (Phi) is 5.17. The van der Waals surface area contributed by atoms with Crippen LogP contribution in [0, 0.1) is 24.0 Å². The molecule has 1 aromatic rings. The van der Waals surface area contributed by atoms with Gasteiger partial charge in [-0.05, 0) is 25.5 Å². The second-order valence-corrected chi connectivity index (χ2v) is 6.10. The molecule has 1 aromatic carbocycles. The molecule has 0 radical (unpaired) electrons. The molecule has 1 unspecified atom stereocenters. The van der Waals surface area contributed by atoms with Gasteiger partial charge in [0.25, 0.3) is 5.69 Å². The molecule has 0 aliphatic heterocycles. The zero-order valence-electron chi connectivity index (χ0n) is 11.0. The van der Waals surface area contributed by atoms with Crippen LogP contribution in [0.2, 0.25) is 0 Å². The van der Waals surface area contributed by atoms with Crippen LogP contribution in [0.3, 0.4) is 0 Å². The van der Waals surface area contributed by atoms with E-state index in [1.807, 2.05) is 0 Å². The van der Waals surface area contributed by atoms with Gasteiger partial charge in [0.05, 0.1) is 22.5 Å². The van der Waals surface area contributed by atoms with Gasteiger partial charge in [-0.2, -0.15) is 0 Å². The number of nitrogens with zero attached hydrogens (tertiary/aromatic N) is 1. The Hall–Kier alpha value is -1.55. The van der Waals surface area contributed by atoms with E-state index in [9.17, 15) is 18.5 Å². The fraction of sp³-hybridized carbons (Fsp3) is 0.455. The summed E-state index contributed by atoms with van der Waals surface area (Å²) in [6.07, 6.45) is -1.23. The first-order chi connectivity index (χ1) is 9.19. The minimum Gasteiger partial charge on any atom is -0.394 e. The van der Waals surface area contributed by atoms with Crippen molar-refractivity contribution in [3.8, 4) is 0 Å². The van der Waals surface area contributed by atoms with E-state index >= 15 is 0 Å². The Bertz CT molecular complexity index is 614. The smallest absolute Gasteiger partial charge is 0.273 e. The van der Waals surface area contributed by atoms with Crippen molar-refractivity contribution in [3.63, 3.8) is 0 Å². The number of nitro groups is 1. The minimum atomic E-state index is -3.99. The molecule has 0 heterocycles. The van der Waals surface area contributed by atoms with Crippen molar-refractivity contribution >= 4 is 15.7 Å². The summed E-state index contributed by atoms with van der Waals surface area (Å²) >= 11 is 0. The maximum Gasteiger partial charge on any atom is 0.273 e. The van der Waals surface area contributed by atoms with E-state index in [0.29, 0.717) is 11.1 Å². The number of aliphatic hydroxyl groups is 2. The van der Waals surface area contributed by atoms with Gasteiger partial charge < -0.3 is 10.2 Å². The molecule has 0 aliphatic carbocycles. The molecule has 1 rings (SSSR count). The quantitative estimate of drug-likeness (QED) is 0.494. The summed E-state index contributed by atoms with van der Waals surface area (Å²) < 4.78 is 26.0. The summed E-state index contributed by atoms with van der Waals surface area (Å²) in [5.74, 6) is 0. The van der Waals surface area contributed by atoms with Gasteiger partial charge in [0.15, 0.2) is 0 Å². The van der Waals surface area contributed by atoms with Crippen LogP contribution in [0.1, 0.15) is 11.1 Å². The number of rotatable bonds is 6. The highest BCUT2D eigenvalue weighted by atomic mass is 32.2. The number of nitrogens with one attached hydrogen (secondary N) is 1. The van der Waals surface area contributed by atoms with Crippen LogP contribution in [-0.4, -0.2) is 42.8 Å². The molecule has 0 amide bonds. The number of benzene rings is 1. The standard InChI is InChI=1S/C11H16N2O6S/c1-7-3-10(4-11(8(7)2)13(16)17)20(18,19)12-5-9(15)6-14/h3-4,9,12,14-15H,5-6H2,1-2H3. The van der Waals surface area contributed by atoms with Gasteiger partial charge in [-0.1, -0.05) is 0 Å². The van der Waals surface area contributed by atoms with Crippen molar-refractivity contribution in [2.75, 3.05) is 13.2 Å². The fourth-order valence-electron chi connectivity index (χ4n) is 1.51. The predicted molar refractivity (Wildman–Crippen MR) is 70.9 cm³/mol. The van der Waals surface area contributed by atoms with Crippen molar-refractivity contribution in [2.45, 2.75) is 24.8 Å². The maximum absolute atomic E-state index is 12.0. The summed E-state index contributed by atoms with van der Waals surface area (Å²) in [6, 6.07) is 2.28. The first kappa shape index (κ1) is 16.5. The molecule has 20 heavy (non-hydrogen) atoms. The van der Waals surface area contributed by atoms with Crippen molar-refractivity contribution in [2.24, 2.45) is 0 Å². The Balaban J connectivity index is 3.16. The molecule has 8 nitrogen and oxygen atoms in total. The van der Waals surface area contributed by atoms with E-state index in [1.54, 1.807) is 6.92 Å². The van der Waals surface area contributed by atoms with Crippen molar-refractivity contribution in [1.29, 1.82) is 0 Å². The number of hydrogen-bond donors (Lipinski definition) is 3. The summed E-state index contributed by atoms with van der Waals surface area (Å²) in [5, 5.41) is 28.6. The van der Waals surface area contributed by atoms with Crippen LogP contribution in [0.5, 0.6) is 0 Å². The van der Waals surface area contributed by atoms with E-state index in [0.717, 1.165) is 6.07 Å². The SMILES string of the molecule is Cc1cc(S(=O)(=O)NCC(O)CO)cc([N+](=O)[O-])c1C. The third-order valence-corrected chi connectivity index (χ3v) is 4.24. The Labute approximate surface area is 116 Å². The molecule has 0 spiro atoms. The van der Waals surface area contributed by atoms with Gasteiger partial charge in [0.1, 0.15) is 0 Å². The molecule has 0 bridgehead atoms. The molecule has 0 aromatic heterocycles. The molecule has 1 atom stereocenters. The fourth-order valence-corrected chi connectivity index (χ4v) is 2.68. The lowest BCUT2D eigenvalue weighted by Gasteiger charge is -2.11. The summed E-state index contributed by atoms with van der Waals surface area (Å²) in [4.78, 5) is 9.98. The van der Waals surface area contributed by atoms with Crippen LogP contribution in [0.15, 0.2) is 17.0 Å². The number of aryl methyl sites for hydroxylation is 1. The number of aliphatic hydroxyl groups excluding tert-OH is 2. The highest BCUT2D eigenvalue weighted by Gasteiger charge is 2.22. The van der Waals surface area contributed by atoms with Crippen LogP contribution in [0.25, 0.3) is 0 Å². The third-order valence-electron chi connectivity index (χ3n) is 2.84. The number of nitro benzene ring substituents is 1. The Morgan fingerprint density at radius 2 is 2.00 bits per heavy atom. The van der Waals surface area contributed by atoms with Crippen LogP contribution in [0.4, 0.5) is 5.69 Å². The molecule has 0 saturated heterocycles. The summed E-state index contributed by atoms with van der Waals surface area (Å²) in [7, 11) is -3.99. The lowest BCUT2D eigenvalue weighted by Crippen LogP contribution is -2.34. The second-order valence-electron chi connectivity index (χ2n) is 4.33. The normalized spacial score (nSPS) is 13.2. The van der Waals surface area contributed by atoms with E-state index in [-0.39, 0.29) is 17.1 Å².